The molecule has 9 heteroatoms. The van der Waals surface area contributed by atoms with Crippen LogP contribution in [0.5, 0.6) is 5.75 Å². The van der Waals surface area contributed by atoms with E-state index in [1.54, 1.807) is 37.6 Å². The molecule has 0 amide bonds. The van der Waals surface area contributed by atoms with Gasteiger partial charge < -0.3 is 14.0 Å². The number of azide groups is 1. The second-order valence-corrected chi connectivity index (χ2v) is 9.90. The minimum atomic E-state index is -0.594. The van der Waals surface area contributed by atoms with Gasteiger partial charge in [0.1, 0.15) is 5.56 Å². The van der Waals surface area contributed by atoms with Crippen LogP contribution in [0.1, 0.15) is 65.4 Å². The van der Waals surface area contributed by atoms with E-state index in [4.69, 9.17) is 15.0 Å². The Labute approximate surface area is 200 Å². The quantitative estimate of drug-likeness (QED) is 0.180. The topological polar surface area (TPSA) is 106 Å². The second kappa shape index (κ2) is 9.16. The molecule has 5 rings (SSSR count). The van der Waals surface area contributed by atoms with Crippen molar-refractivity contribution in [3.05, 3.63) is 61.1 Å². The molecular formula is C25H26N4O4S. The lowest BCUT2D eigenvalue weighted by Gasteiger charge is -2.20. The van der Waals surface area contributed by atoms with Crippen LogP contribution in [0.2, 0.25) is 0 Å². The van der Waals surface area contributed by atoms with Gasteiger partial charge in [-0.25, -0.2) is 4.79 Å². The summed E-state index contributed by atoms with van der Waals surface area (Å²) < 4.78 is 13.1. The van der Waals surface area contributed by atoms with Gasteiger partial charge in [0.2, 0.25) is 5.43 Å². The van der Waals surface area contributed by atoms with E-state index < -0.39 is 5.97 Å². The van der Waals surface area contributed by atoms with Gasteiger partial charge in [0.25, 0.3) is 0 Å². The summed E-state index contributed by atoms with van der Waals surface area (Å²) in [6.07, 6.45) is 6.71. The van der Waals surface area contributed by atoms with Crippen molar-refractivity contribution in [2.24, 2.45) is 5.11 Å². The number of hydrogen-bond acceptors (Lipinski definition) is 6. The Morgan fingerprint density at radius 3 is 2.85 bits per heavy atom. The molecule has 2 aromatic heterocycles. The number of pyridine rings is 1. The van der Waals surface area contributed by atoms with E-state index in [0.717, 1.165) is 48.1 Å². The maximum atomic E-state index is 13.3. The SMILES string of the molecule is CCOC(=O)c1cn(C2CC2)c2c(OC)c(-c3cc4c(s3)CCCC4CN=[N+]=[N-])ccc2c1=O. The van der Waals surface area contributed by atoms with Crippen LogP contribution in [0.15, 0.2) is 34.3 Å². The summed E-state index contributed by atoms with van der Waals surface area (Å²) in [5.41, 5.74) is 11.4. The maximum Gasteiger partial charge on any atom is 0.343 e. The predicted octanol–water partition coefficient (Wildman–Crippen LogP) is 5.98. The Kier molecular flexibility index (Phi) is 6.06. The lowest BCUT2D eigenvalue weighted by atomic mass is 9.87. The molecule has 1 atom stereocenters. The smallest absolute Gasteiger partial charge is 0.343 e. The van der Waals surface area contributed by atoms with E-state index in [1.165, 1.54) is 10.4 Å². The lowest BCUT2D eigenvalue weighted by Crippen LogP contribution is -2.21. The molecular weight excluding hydrogens is 452 g/mol. The minimum Gasteiger partial charge on any atom is -0.494 e. The summed E-state index contributed by atoms with van der Waals surface area (Å²) in [5.74, 6) is 0.277. The van der Waals surface area contributed by atoms with Crippen LogP contribution in [0.4, 0.5) is 0 Å². The highest BCUT2D eigenvalue weighted by Crippen LogP contribution is 2.46. The number of carbonyl (C=O) groups excluding carboxylic acids is 1. The molecule has 176 valence electrons. The van der Waals surface area contributed by atoms with Gasteiger partial charge >= 0.3 is 5.97 Å². The summed E-state index contributed by atoms with van der Waals surface area (Å²) >= 11 is 1.74. The molecule has 2 aliphatic carbocycles. The molecule has 1 aromatic carbocycles. The predicted molar refractivity (Wildman–Crippen MR) is 132 cm³/mol. The van der Waals surface area contributed by atoms with Gasteiger partial charge in [0, 0.05) is 39.0 Å². The number of aryl methyl sites for hydroxylation is 1. The van der Waals surface area contributed by atoms with E-state index in [-0.39, 0.29) is 29.6 Å². The maximum absolute atomic E-state index is 13.3. The highest BCUT2D eigenvalue weighted by Gasteiger charge is 2.30. The zero-order valence-corrected chi connectivity index (χ0v) is 20.1. The van der Waals surface area contributed by atoms with Crippen molar-refractivity contribution in [1.29, 1.82) is 0 Å². The van der Waals surface area contributed by atoms with Gasteiger partial charge in [-0.05, 0) is 74.2 Å². The third-order valence-electron chi connectivity index (χ3n) is 6.66. The van der Waals surface area contributed by atoms with E-state index in [1.807, 2.05) is 10.6 Å². The Bertz CT molecular complexity index is 1380. The van der Waals surface area contributed by atoms with Crippen LogP contribution in [-0.2, 0) is 11.2 Å². The number of hydrogen-bond donors (Lipinski definition) is 0. The number of ether oxygens (including phenoxy) is 2. The number of aromatic nitrogens is 1. The van der Waals surface area contributed by atoms with Crippen LogP contribution < -0.4 is 10.2 Å². The monoisotopic (exact) mass is 478 g/mol. The zero-order chi connectivity index (χ0) is 23.8. The molecule has 2 aliphatic rings. The fraction of sp³-hybridized carbons (Fsp3) is 0.440. The largest absolute Gasteiger partial charge is 0.494 e. The Hall–Kier alpha value is -3.29. The highest BCUT2D eigenvalue weighted by molar-refractivity contribution is 7.15. The molecule has 0 bridgehead atoms. The first-order valence-corrected chi connectivity index (χ1v) is 12.5. The van der Waals surface area contributed by atoms with Gasteiger partial charge in [-0.2, -0.15) is 0 Å². The molecule has 0 saturated heterocycles. The van der Waals surface area contributed by atoms with Crippen LogP contribution in [0, 0.1) is 0 Å². The van der Waals surface area contributed by atoms with E-state index in [9.17, 15) is 9.59 Å². The Morgan fingerprint density at radius 1 is 1.32 bits per heavy atom. The van der Waals surface area contributed by atoms with Crippen LogP contribution in [-0.4, -0.2) is 30.8 Å². The first kappa shape index (κ1) is 22.5. The van der Waals surface area contributed by atoms with Crippen LogP contribution in [0.3, 0.4) is 0 Å². The van der Waals surface area contributed by atoms with Crippen LogP contribution in [0.25, 0.3) is 31.8 Å². The van der Waals surface area contributed by atoms with Crippen LogP contribution >= 0.6 is 11.3 Å². The number of esters is 1. The fourth-order valence-electron chi connectivity index (χ4n) is 4.92. The molecule has 2 heterocycles. The van der Waals surface area contributed by atoms with Gasteiger partial charge in [-0.3, -0.25) is 4.79 Å². The summed E-state index contributed by atoms with van der Waals surface area (Å²) in [6.45, 7) is 2.41. The first-order chi connectivity index (χ1) is 16.6. The number of nitrogens with zero attached hydrogens (tertiary/aromatic N) is 4. The first-order valence-electron chi connectivity index (χ1n) is 11.6. The van der Waals surface area contributed by atoms with Crippen molar-refractivity contribution in [2.75, 3.05) is 20.3 Å². The molecule has 1 unspecified atom stereocenters. The molecule has 1 saturated carbocycles. The average Bonchev–Trinajstić information content (AvgIpc) is 3.59. The number of benzene rings is 1. The summed E-state index contributed by atoms with van der Waals surface area (Å²) in [4.78, 5) is 31.1. The van der Waals surface area contributed by atoms with Crippen molar-refractivity contribution in [3.8, 4) is 16.2 Å². The fourth-order valence-corrected chi connectivity index (χ4v) is 6.23. The molecule has 0 radical (unpaired) electrons. The number of fused-ring (bicyclic) bond motifs is 2. The number of carbonyl (C=O) groups is 1. The lowest BCUT2D eigenvalue weighted by molar-refractivity contribution is 0.0524. The number of methoxy groups -OCH3 is 1. The Morgan fingerprint density at radius 2 is 2.15 bits per heavy atom. The molecule has 34 heavy (non-hydrogen) atoms. The minimum absolute atomic E-state index is 0.0588. The normalized spacial score (nSPS) is 17.2. The third kappa shape index (κ3) is 3.85. The van der Waals surface area contributed by atoms with Gasteiger partial charge in [0.05, 0.1) is 24.6 Å². The van der Waals surface area contributed by atoms with Gasteiger partial charge in [0.15, 0.2) is 5.75 Å². The molecule has 3 aromatic rings. The van der Waals surface area contributed by atoms with Gasteiger partial charge in [-0.1, -0.05) is 5.11 Å². The van der Waals surface area contributed by atoms with E-state index in [2.05, 4.69) is 16.1 Å². The van der Waals surface area contributed by atoms with E-state index in [0.29, 0.717) is 17.7 Å². The zero-order valence-electron chi connectivity index (χ0n) is 19.2. The molecule has 0 spiro atoms. The summed E-state index contributed by atoms with van der Waals surface area (Å²) in [5, 5.41) is 4.28. The van der Waals surface area contributed by atoms with Crippen molar-refractivity contribution in [1.82, 2.24) is 4.57 Å². The summed E-state index contributed by atoms with van der Waals surface area (Å²) in [6, 6.07) is 6.12. The van der Waals surface area contributed by atoms with Crippen molar-refractivity contribution in [2.45, 2.75) is 51.0 Å². The third-order valence-corrected chi connectivity index (χ3v) is 7.90. The van der Waals surface area contributed by atoms with Crippen molar-refractivity contribution < 1.29 is 14.3 Å². The molecule has 1 fully saturated rings. The second-order valence-electron chi connectivity index (χ2n) is 8.77. The summed E-state index contributed by atoms with van der Waals surface area (Å²) in [7, 11) is 1.62. The standard InChI is InChI=1S/C25H26N4O4S/c1-3-33-25(31)19-13-29(15-7-8-15)22-17(23(19)30)10-9-16(24(22)32-2)21-11-18-14(12-27-28-26)5-4-6-20(18)34-21/h9-11,13-15H,3-8,12H2,1-2H3. The van der Waals surface area contributed by atoms with E-state index >= 15 is 0 Å². The average molecular weight is 479 g/mol. The van der Waals surface area contributed by atoms with Crippen molar-refractivity contribution >= 4 is 28.2 Å². The molecule has 0 aliphatic heterocycles. The van der Waals surface area contributed by atoms with Crippen molar-refractivity contribution in [3.63, 3.8) is 0 Å². The highest BCUT2D eigenvalue weighted by atomic mass is 32.1. The molecule has 0 N–H and O–H groups in total. The Balaban J connectivity index is 1.69. The number of rotatable bonds is 7. The van der Waals surface area contributed by atoms with Gasteiger partial charge in [-0.15, -0.1) is 11.3 Å². The molecule has 8 nitrogen and oxygen atoms in total. The number of thiophene rings is 1.